The van der Waals surface area contributed by atoms with E-state index < -0.39 is 18.0 Å². The third-order valence-corrected chi connectivity index (χ3v) is 3.48. The standard InChI is InChI=1S/C13H25N3O3/c1-5-10-11(7-6-8(2)15-10)19-9(3)12(17)16-13(18)14-4/h8-11,15H,5-7H2,1-4H3,(H2,14,16,17,18). The van der Waals surface area contributed by atoms with Crippen LogP contribution >= 0.6 is 0 Å². The van der Waals surface area contributed by atoms with Gasteiger partial charge in [0.25, 0.3) is 5.91 Å². The first-order valence-electron chi connectivity index (χ1n) is 6.92. The summed E-state index contributed by atoms with van der Waals surface area (Å²) < 4.78 is 5.80. The van der Waals surface area contributed by atoms with Gasteiger partial charge in [0.05, 0.1) is 6.10 Å². The maximum absolute atomic E-state index is 11.7. The van der Waals surface area contributed by atoms with Gasteiger partial charge in [-0.15, -0.1) is 0 Å². The number of nitrogens with one attached hydrogen (secondary N) is 3. The van der Waals surface area contributed by atoms with E-state index in [0.29, 0.717) is 6.04 Å². The first-order valence-corrected chi connectivity index (χ1v) is 6.92. The molecular formula is C13H25N3O3. The number of ether oxygens (including phenoxy) is 1. The normalized spacial score (nSPS) is 28.5. The smallest absolute Gasteiger partial charge is 0.321 e. The topological polar surface area (TPSA) is 79.5 Å². The van der Waals surface area contributed by atoms with E-state index in [1.54, 1.807) is 6.92 Å². The van der Waals surface area contributed by atoms with Crippen LogP contribution in [0.15, 0.2) is 0 Å². The molecule has 19 heavy (non-hydrogen) atoms. The zero-order chi connectivity index (χ0) is 14.4. The average Bonchev–Trinajstić information content (AvgIpc) is 2.40. The number of rotatable bonds is 4. The molecular weight excluding hydrogens is 246 g/mol. The fraction of sp³-hybridized carbons (Fsp3) is 0.846. The lowest BCUT2D eigenvalue weighted by Crippen LogP contribution is -2.52. The maximum Gasteiger partial charge on any atom is 0.321 e. The number of amides is 3. The minimum atomic E-state index is -0.633. The zero-order valence-corrected chi connectivity index (χ0v) is 12.2. The van der Waals surface area contributed by atoms with Gasteiger partial charge in [-0.3, -0.25) is 10.1 Å². The van der Waals surface area contributed by atoms with Crippen LogP contribution in [-0.2, 0) is 9.53 Å². The van der Waals surface area contributed by atoms with Gasteiger partial charge in [0.15, 0.2) is 0 Å². The molecule has 6 nitrogen and oxygen atoms in total. The predicted octanol–water partition coefficient (Wildman–Crippen LogP) is 0.766. The van der Waals surface area contributed by atoms with Crippen molar-refractivity contribution in [3.05, 3.63) is 0 Å². The molecule has 0 saturated carbocycles. The van der Waals surface area contributed by atoms with Crippen molar-refractivity contribution < 1.29 is 14.3 Å². The van der Waals surface area contributed by atoms with Crippen molar-refractivity contribution in [2.75, 3.05) is 7.05 Å². The van der Waals surface area contributed by atoms with E-state index in [2.05, 4.69) is 29.8 Å². The summed E-state index contributed by atoms with van der Waals surface area (Å²) in [6.07, 6.45) is 2.31. The molecule has 110 valence electrons. The molecule has 4 unspecified atom stereocenters. The summed E-state index contributed by atoms with van der Waals surface area (Å²) in [5.74, 6) is -0.409. The SMILES string of the molecule is CCC1NC(C)CCC1OC(C)C(=O)NC(=O)NC. The highest BCUT2D eigenvalue weighted by atomic mass is 16.5. The Balaban J connectivity index is 2.48. The maximum atomic E-state index is 11.7. The lowest BCUT2D eigenvalue weighted by Gasteiger charge is -2.36. The first kappa shape index (κ1) is 15.9. The molecule has 1 fully saturated rings. The van der Waals surface area contributed by atoms with Crippen LogP contribution in [0.3, 0.4) is 0 Å². The summed E-state index contributed by atoms with van der Waals surface area (Å²) in [6, 6.07) is 0.238. The lowest BCUT2D eigenvalue weighted by atomic mass is 9.94. The van der Waals surface area contributed by atoms with Crippen LogP contribution in [0.2, 0.25) is 0 Å². The van der Waals surface area contributed by atoms with E-state index in [1.807, 2.05) is 0 Å². The van der Waals surface area contributed by atoms with Crippen molar-refractivity contribution in [3.8, 4) is 0 Å². The van der Waals surface area contributed by atoms with Gasteiger partial charge in [0.1, 0.15) is 6.10 Å². The van der Waals surface area contributed by atoms with E-state index >= 15 is 0 Å². The molecule has 4 atom stereocenters. The molecule has 0 aromatic carbocycles. The van der Waals surface area contributed by atoms with Gasteiger partial charge in [0, 0.05) is 19.1 Å². The van der Waals surface area contributed by atoms with Gasteiger partial charge >= 0.3 is 6.03 Å². The van der Waals surface area contributed by atoms with Crippen LogP contribution in [0, 0.1) is 0 Å². The highest BCUT2D eigenvalue weighted by Gasteiger charge is 2.30. The Bertz CT molecular complexity index is 322. The molecule has 1 rings (SSSR count). The molecule has 0 aromatic heterocycles. The van der Waals surface area contributed by atoms with E-state index in [1.165, 1.54) is 7.05 Å². The van der Waals surface area contributed by atoms with Crippen LogP contribution in [-0.4, -0.2) is 43.3 Å². The van der Waals surface area contributed by atoms with Gasteiger partial charge in [-0.05, 0) is 33.1 Å². The monoisotopic (exact) mass is 271 g/mol. The molecule has 3 amide bonds. The van der Waals surface area contributed by atoms with E-state index in [0.717, 1.165) is 19.3 Å². The van der Waals surface area contributed by atoms with Crippen LogP contribution in [0.5, 0.6) is 0 Å². The van der Waals surface area contributed by atoms with Crippen LogP contribution in [0.1, 0.15) is 40.0 Å². The number of imide groups is 1. The molecule has 0 spiro atoms. The highest BCUT2D eigenvalue weighted by molar-refractivity contribution is 5.96. The second kappa shape index (κ2) is 7.45. The highest BCUT2D eigenvalue weighted by Crippen LogP contribution is 2.20. The summed E-state index contributed by atoms with van der Waals surface area (Å²) >= 11 is 0. The summed E-state index contributed by atoms with van der Waals surface area (Å²) in [7, 11) is 1.47. The number of piperidine rings is 1. The lowest BCUT2D eigenvalue weighted by molar-refractivity contribution is -0.136. The molecule has 1 saturated heterocycles. The quantitative estimate of drug-likeness (QED) is 0.705. The summed E-state index contributed by atoms with van der Waals surface area (Å²) in [6.45, 7) is 5.92. The molecule has 1 heterocycles. The number of hydrogen-bond acceptors (Lipinski definition) is 4. The first-order chi connectivity index (χ1) is 8.97. The minimum absolute atomic E-state index is 0.0200. The van der Waals surface area contributed by atoms with Gasteiger partial charge in [-0.2, -0.15) is 0 Å². The van der Waals surface area contributed by atoms with Crippen molar-refractivity contribution in [2.24, 2.45) is 0 Å². The molecule has 0 aromatic rings. The van der Waals surface area contributed by atoms with Gasteiger partial charge in [-0.1, -0.05) is 6.92 Å². The van der Waals surface area contributed by atoms with Crippen LogP contribution in [0.4, 0.5) is 4.79 Å². The fourth-order valence-corrected chi connectivity index (χ4v) is 2.32. The van der Waals surface area contributed by atoms with E-state index in [-0.39, 0.29) is 12.1 Å². The fourth-order valence-electron chi connectivity index (χ4n) is 2.32. The third-order valence-electron chi connectivity index (χ3n) is 3.48. The van der Waals surface area contributed by atoms with Crippen molar-refractivity contribution >= 4 is 11.9 Å². The second-order valence-corrected chi connectivity index (χ2v) is 5.04. The molecule has 0 bridgehead atoms. The van der Waals surface area contributed by atoms with Crippen molar-refractivity contribution in [2.45, 2.75) is 64.3 Å². The third kappa shape index (κ3) is 4.80. The summed E-state index contributed by atoms with van der Waals surface area (Å²) in [5, 5.41) is 8.04. The Morgan fingerprint density at radius 3 is 2.68 bits per heavy atom. The van der Waals surface area contributed by atoms with E-state index in [9.17, 15) is 9.59 Å². The Morgan fingerprint density at radius 1 is 1.42 bits per heavy atom. The minimum Gasteiger partial charge on any atom is -0.364 e. The number of carbonyl (C=O) groups excluding carboxylic acids is 2. The summed E-state index contributed by atoms with van der Waals surface area (Å²) in [4.78, 5) is 22.8. The number of hydrogen-bond donors (Lipinski definition) is 3. The Kier molecular flexibility index (Phi) is 6.24. The Hall–Kier alpha value is -1.14. The average molecular weight is 271 g/mol. The van der Waals surface area contributed by atoms with Crippen molar-refractivity contribution in [3.63, 3.8) is 0 Å². The predicted molar refractivity (Wildman–Crippen MR) is 72.8 cm³/mol. The van der Waals surface area contributed by atoms with Crippen LogP contribution in [0.25, 0.3) is 0 Å². The second-order valence-electron chi connectivity index (χ2n) is 5.04. The Labute approximate surface area is 114 Å². The van der Waals surface area contributed by atoms with E-state index in [4.69, 9.17) is 4.74 Å². The molecule has 0 radical (unpaired) electrons. The summed E-state index contributed by atoms with van der Waals surface area (Å²) in [5.41, 5.74) is 0. The molecule has 1 aliphatic heterocycles. The molecule has 3 N–H and O–H groups in total. The van der Waals surface area contributed by atoms with Crippen molar-refractivity contribution in [1.82, 2.24) is 16.0 Å². The van der Waals surface area contributed by atoms with Crippen LogP contribution < -0.4 is 16.0 Å². The van der Waals surface area contributed by atoms with Gasteiger partial charge < -0.3 is 15.4 Å². The van der Waals surface area contributed by atoms with Gasteiger partial charge in [0.2, 0.25) is 0 Å². The zero-order valence-electron chi connectivity index (χ0n) is 12.2. The number of carbonyl (C=O) groups is 2. The van der Waals surface area contributed by atoms with Gasteiger partial charge in [-0.25, -0.2) is 4.79 Å². The Morgan fingerprint density at radius 2 is 2.11 bits per heavy atom. The molecule has 6 heteroatoms. The molecule has 0 aliphatic carbocycles. The van der Waals surface area contributed by atoms with Crippen molar-refractivity contribution in [1.29, 1.82) is 0 Å². The largest absolute Gasteiger partial charge is 0.364 e. The molecule has 1 aliphatic rings. The number of urea groups is 1.